The standard InChI is InChI=1S/C15H19N2O6P/c1-4-22-24(23-5-2)9-10-6-7-11-16-12(15(20)21-3)13(18)14(19)17(11)8-10/h6-8,18H,4-5,9H2,1-3H3. The van der Waals surface area contributed by atoms with Crippen LogP contribution in [0.4, 0.5) is 0 Å². The van der Waals surface area contributed by atoms with Crippen LogP contribution >= 0.6 is 8.38 Å². The van der Waals surface area contributed by atoms with Crippen LogP contribution in [0.2, 0.25) is 0 Å². The van der Waals surface area contributed by atoms with Gasteiger partial charge in [-0.25, -0.2) is 9.78 Å². The van der Waals surface area contributed by atoms with Gasteiger partial charge in [-0.2, -0.15) is 0 Å². The maximum atomic E-state index is 12.3. The van der Waals surface area contributed by atoms with E-state index in [4.69, 9.17) is 9.05 Å². The highest BCUT2D eigenvalue weighted by molar-refractivity contribution is 7.46. The number of carbonyl (C=O) groups is 1. The molecule has 130 valence electrons. The fraction of sp³-hybridized carbons (Fsp3) is 0.400. The van der Waals surface area contributed by atoms with Crippen LogP contribution in [-0.2, 0) is 19.9 Å². The van der Waals surface area contributed by atoms with Crippen molar-refractivity contribution in [2.75, 3.05) is 20.3 Å². The number of carbonyl (C=O) groups excluding carboxylic acids is 1. The molecule has 0 unspecified atom stereocenters. The van der Waals surface area contributed by atoms with Crippen molar-refractivity contribution in [2.24, 2.45) is 0 Å². The van der Waals surface area contributed by atoms with Crippen molar-refractivity contribution >= 4 is 20.0 Å². The highest BCUT2D eigenvalue weighted by Gasteiger charge is 2.19. The SMILES string of the molecule is CCOP(Cc1ccc2nc(C(=O)OC)c(O)c(=O)n2c1)OCC. The lowest BCUT2D eigenvalue weighted by Gasteiger charge is -2.16. The molecule has 0 saturated carbocycles. The van der Waals surface area contributed by atoms with Gasteiger partial charge in [0.25, 0.3) is 0 Å². The number of aromatic nitrogens is 2. The third-order valence-electron chi connectivity index (χ3n) is 3.10. The number of aromatic hydroxyl groups is 1. The van der Waals surface area contributed by atoms with Gasteiger partial charge in [-0.3, -0.25) is 9.20 Å². The van der Waals surface area contributed by atoms with Gasteiger partial charge < -0.3 is 18.9 Å². The van der Waals surface area contributed by atoms with Crippen molar-refractivity contribution in [2.45, 2.75) is 20.0 Å². The van der Waals surface area contributed by atoms with Crippen LogP contribution in [-0.4, -0.2) is 40.8 Å². The Hall–Kier alpha value is -2.02. The molecule has 0 saturated heterocycles. The Morgan fingerprint density at radius 3 is 2.54 bits per heavy atom. The second-order valence-electron chi connectivity index (χ2n) is 4.70. The van der Waals surface area contributed by atoms with Crippen LogP contribution in [0.25, 0.3) is 5.65 Å². The Kier molecular flexibility index (Phi) is 6.25. The lowest BCUT2D eigenvalue weighted by Crippen LogP contribution is -2.20. The van der Waals surface area contributed by atoms with E-state index in [1.54, 1.807) is 18.3 Å². The summed E-state index contributed by atoms with van der Waals surface area (Å²) in [6.07, 6.45) is 2.05. The number of rotatable bonds is 7. The topological polar surface area (TPSA) is 99.4 Å². The predicted octanol–water partition coefficient (Wildman–Crippen LogP) is 2.07. The summed E-state index contributed by atoms with van der Waals surface area (Å²) in [4.78, 5) is 27.8. The van der Waals surface area contributed by atoms with Gasteiger partial charge >= 0.3 is 11.5 Å². The van der Waals surface area contributed by atoms with Crippen molar-refractivity contribution in [3.63, 3.8) is 0 Å². The van der Waals surface area contributed by atoms with E-state index in [-0.39, 0.29) is 5.65 Å². The van der Waals surface area contributed by atoms with E-state index in [9.17, 15) is 14.7 Å². The number of esters is 1. The number of pyridine rings is 1. The summed E-state index contributed by atoms with van der Waals surface area (Å²) in [7, 11) is 0.0495. The van der Waals surface area contributed by atoms with Crippen LogP contribution in [0, 0.1) is 0 Å². The van der Waals surface area contributed by atoms with Crippen molar-refractivity contribution in [3.05, 3.63) is 39.9 Å². The highest BCUT2D eigenvalue weighted by Crippen LogP contribution is 2.41. The summed E-state index contributed by atoms with van der Waals surface area (Å²) in [5, 5.41) is 9.90. The normalized spacial score (nSPS) is 11.2. The summed E-state index contributed by atoms with van der Waals surface area (Å²) in [6, 6.07) is 3.36. The summed E-state index contributed by atoms with van der Waals surface area (Å²) in [6.45, 7) is 4.83. The maximum Gasteiger partial charge on any atom is 0.360 e. The van der Waals surface area contributed by atoms with Gasteiger partial charge in [0.2, 0.25) is 5.75 Å². The molecule has 0 aliphatic rings. The van der Waals surface area contributed by atoms with Gasteiger partial charge in [-0.15, -0.1) is 0 Å². The van der Waals surface area contributed by atoms with Gasteiger partial charge in [0.05, 0.1) is 20.3 Å². The minimum absolute atomic E-state index is 0.235. The summed E-state index contributed by atoms with van der Waals surface area (Å²) >= 11 is 0. The molecule has 0 spiro atoms. The van der Waals surface area contributed by atoms with Crippen LogP contribution in [0.3, 0.4) is 0 Å². The van der Waals surface area contributed by atoms with E-state index in [1.165, 1.54) is 4.40 Å². The minimum atomic E-state index is -1.10. The highest BCUT2D eigenvalue weighted by atomic mass is 31.2. The average molecular weight is 354 g/mol. The number of ether oxygens (including phenoxy) is 1. The fourth-order valence-electron chi connectivity index (χ4n) is 2.07. The first-order valence-corrected chi connectivity index (χ1v) is 8.74. The molecule has 0 radical (unpaired) electrons. The molecule has 0 amide bonds. The molecule has 0 aromatic carbocycles. The van der Waals surface area contributed by atoms with Gasteiger partial charge in [-0.05, 0) is 25.5 Å². The van der Waals surface area contributed by atoms with Crippen LogP contribution < -0.4 is 5.56 Å². The average Bonchev–Trinajstić information content (AvgIpc) is 2.58. The van der Waals surface area contributed by atoms with Crippen molar-refractivity contribution in [3.8, 4) is 5.75 Å². The second-order valence-corrected chi connectivity index (χ2v) is 6.20. The van der Waals surface area contributed by atoms with Gasteiger partial charge in [0, 0.05) is 12.4 Å². The van der Waals surface area contributed by atoms with Gasteiger partial charge in [0.1, 0.15) is 5.65 Å². The first-order chi connectivity index (χ1) is 11.5. The van der Waals surface area contributed by atoms with E-state index in [2.05, 4.69) is 9.72 Å². The van der Waals surface area contributed by atoms with Crippen LogP contribution in [0.5, 0.6) is 5.75 Å². The molecule has 0 fully saturated rings. The number of hydrogen-bond donors (Lipinski definition) is 1. The molecule has 1 N–H and O–H groups in total. The van der Waals surface area contributed by atoms with Crippen LogP contribution in [0.15, 0.2) is 23.1 Å². The molecule has 24 heavy (non-hydrogen) atoms. The second kappa shape index (κ2) is 8.19. The first-order valence-electron chi connectivity index (χ1n) is 7.37. The Bertz CT molecular complexity index is 785. The van der Waals surface area contributed by atoms with Crippen molar-refractivity contribution < 1.29 is 23.7 Å². The monoisotopic (exact) mass is 354 g/mol. The minimum Gasteiger partial charge on any atom is -0.501 e. The molecule has 8 nitrogen and oxygen atoms in total. The third kappa shape index (κ3) is 3.90. The lowest BCUT2D eigenvalue weighted by molar-refractivity contribution is 0.0590. The number of hydrogen-bond acceptors (Lipinski definition) is 7. The largest absolute Gasteiger partial charge is 0.501 e. The summed E-state index contributed by atoms with van der Waals surface area (Å²) < 4.78 is 16.8. The predicted molar refractivity (Wildman–Crippen MR) is 88.3 cm³/mol. The molecule has 2 heterocycles. The Morgan fingerprint density at radius 2 is 1.96 bits per heavy atom. The van der Waals surface area contributed by atoms with Gasteiger partial charge in [0.15, 0.2) is 14.1 Å². The van der Waals surface area contributed by atoms with E-state index in [1.807, 2.05) is 13.8 Å². The zero-order chi connectivity index (χ0) is 17.7. The summed E-state index contributed by atoms with van der Waals surface area (Å²) in [5.41, 5.74) is -0.107. The van der Waals surface area contributed by atoms with Gasteiger partial charge in [-0.1, -0.05) is 6.07 Å². The number of nitrogens with zero attached hydrogens (tertiary/aromatic N) is 2. The quantitative estimate of drug-likeness (QED) is 0.600. The molecule has 2 aromatic rings. The molecular formula is C15H19N2O6P. The zero-order valence-corrected chi connectivity index (χ0v) is 14.6. The number of methoxy groups -OCH3 is 1. The number of fused-ring (bicyclic) bond motifs is 1. The van der Waals surface area contributed by atoms with Crippen molar-refractivity contribution in [1.29, 1.82) is 0 Å². The Morgan fingerprint density at radius 1 is 1.29 bits per heavy atom. The molecule has 9 heteroatoms. The third-order valence-corrected chi connectivity index (χ3v) is 4.81. The maximum absolute atomic E-state index is 12.3. The van der Waals surface area contributed by atoms with Crippen molar-refractivity contribution in [1.82, 2.24) is 9.38 Å². The Labute approximate surface area is 139 Å². The fourth-order valence-corrected chi connectivity index (χ4v) is 3.39. The van der Waals surface area contributed by atoms with E-state index in [0.717, 1.165) is 12.7 Å². The van der Waals surface area contributed by atoms with E-state index < -0.39 is 31.3 Å². The molecule has 0 bridgehead atoms. The molecule has 0 aliphatic heterocycles. The lowest BCUT2D eigenvalue weighted by atomic mass is 10.3. The van der Waals surface area contributed by atoms with E-state index in [0.29, 0.717) is 19.4 Å². The molecule has 0 atom stereocenters. The molecule has 0 aliphatic carbocycles. The Balaban J connectivity index is 2.42. The first kappa shape index (κ1) is 18.3. The molecular weight excluding hydrogens is 335 g/mol. The summed E-state index contributed by atoms with van der Waals surface area (Å²) in [5.74, 6) is -1.61. The smallest absolute Gasteiger partial charge is 0.360 e. The zero-order valence-electron chi connectivity index (χ0n) is 13.7. The molecule has 2 aromatic heterocycles. The molecule has 2 rings (SSSR count). The van der Waals surface area contributed by atoms with Crippen LogP contribution in [0.1, 0.15) is 29.9 Å². The van der Waals surface area contributed by atoms with E-state index >= 15 is 0 Å².